The van der Waals surface area contributed by atoms with Crippen LogP contribution in [0.4, 0.5) is 11.4 Å². The van der Waals surface area contributed by atoms with Gasteiger partial charge in [0.25, 0.3) is 0 Å². The summed E-state index contributed by atoms with van der Waals surface area (Å²) in [5.74, 6) is -0.833. The highest BCUT2D eigenvalue weighted by atomic mass is 16.4. The van der Waals surface area contributed by atoms with Crippen molar-refractivity contribution in [2.45, 2.75) is 39.7 Å². The van der Waals surface area contributed by atoms with E-state index in [9.17, 15) is 14.7 Å². The average molecular weight is 403 g/mol. The van der Waals surface area contributed by atoms with Gasteiger partial charge in [-0.15, -0.1) is 0 Å². The Hall–Kier alpha value is -2.12. The maximum Gasteiger partial charge on any atom is 0.321 e. The summed E-state index contributed by atoms with van der Waals surface area (Å²) in [6, 6.07) is 7.52. The maximum atomic E-state index is 12.7. The molecule has 0 bridgehead atoms. The molecule has 1 atom stereocenters. The highest BCUT2D eigenvalue weighted by molar-refractivity contribution is 5.92. The van der Waals surface area contributed by atoms with E-state index in [4.69, 9.17) is 0 Å². The van der Waals surface area contributed by atoms with Crippen LogP contribution in [-0.2, 0) is 9.59 Å². The maximum absolute atomic E-state index is 12.7. The predicted octanol–water partition coefficient (Wildman–Crippen LogP) is 2.25. The summed E-state index contributed by atoms with van der Waals surface area (Å²) < 4.78 is 0. The lowest BCUT2D eigenvalue weighted by Crippen LogP contribution is -2.52. The summed E-state index contributed by atoms with van der Waals surface area (Å²) in [5, 5.41) is 16.0. The molecule has 2 aliphatic heterocycles. The summed E-state index contributed by atoms with van der Waals surface area (Å²) in [4.78, 5) is 28.8. The van der Waals surface area contributed by atoms with Crippen molar-refractivity contribution >= 4 is 23.3 Å². The minimum Gasteiger partial charge on any atom is -0.480 e. The van der Waals surface area contributed by atoms with Crippen LogP contribution in [0.2, 0.25) is 0 Å². The molecule has 0 radical (unpaired) electrons. The van der Waals surface area contributed by atoms with Crippen molar-refractivity contribution in [1.29, 1.82) is 0 Å². The smallest absolute Gasteiger partial charge is 0.321 e. The third kappa shape index (κ3) is 5.48. The summed E-state index contributed by atoms with van der Waals surface area (Å²) in [5.41, 5.74) is 1.65. The van der Waals surface area contributed by atoms with Crippen molar-refractivity contribution in [3.63, 3.8) is 0 Å². The number of piperidine rings is 1. The van der Waals surface area contributed by atoms with Gasteiger partial charge in [-0.1, -0.05) is 20.8 Å². The third-order valence-electron chi connectivity index (χ3n) is 5.94. The SMILES string of the molecule is CC(C)(C)C(C(=O)O)N1CCC(C(=O)Nc2ccc(N3CCNCC3)cc2)CC1. The number of likely N-dealkylation sites (tertiary alicyclic amines) is 1. The van der Waals surface area contributed by atoms with Gasteiger partial charge in [-0.25, -0.2) is 0 Å². The Kier molecular flexibility index (Phi) is 6.80. The number of carbonyl (C=O) groups is 2. The number of rotatable bonds is 5. The molecule has 29 heavy (non-hydrogen) atoms. The zero-order chi connectivity index (χ0) is 21.0. The Morgan fingerprint density at radius 3 is 2.17 bits per heavy atom. The molecule has 7 heteroatoms. The molecule has 1 aromatic carbocycles. The van der Waals surface area contributed by atoms with E-state index in [1.807, 2.05) is 37.8 Å². The minimum atomic E-state index is -0.787. The first-order valence-corrected chi connectivity index (χ1v) is 10.6. The Bertz CT molecular complexity index is 700. The molecule has 0 aliphatic carbocycles. The number of benzene rings is 1. The first kappa shape index (κ1) is 21.6. The topological polar surface area (TPSA) is 84.9 Å². The van der Waals surface area contributed by atoms with Gasteiger partial charge in [0.05, 0.1) is 0 Å². The molecule has 2 saturated heterocycles. The van der Waals surface area contributed by atoms with Crippen LogP contribution >= 0.6 is 0 Å². The average Bonchev–Trinajstić information content (AvgIpc) is 2.68. The fourth-order valence-corrected chi connectivity index (χ4v) is 4.42. The predicted molar refractivity (Wildman–Crippen MR) is 115 cm³/mol. The van der Waals surface area contributed by atoms with Gasteiger partial charge in [-0.2, -0.15) is 0 Å². The first-order valence-electron chi connectivity index (χ1n) is 10.6. The number of carboxylic acids is 1. The van der Waals surface area contributed by atoms with Gasteiger partial charge < -0.3 is 20.6 Å². The Morgan fingerprint density at radius 1 is 1.07 bits per heavy atom. The zero-order valence-corrected chi connectivity index (χ0v) is 17.8. The molecule has 0 saturated carbocycles. The van der Waals surface area contributed by atoms with Gasteiger partial charge in [0, 0.05) is 43.5 Å². The molecule has 1 unspecified atom stereocenters. The second-order valence-electron chi connectivity index (χ2n) is 9.19. The molecule has 7 nitrogen and oxygen atoms in total. The van der Waals surface area contributed by atoms with E-state index in [0.717, 1.165) is 31.9 Å². The lowest BCUT2D eigenvalue weighted by molar-refractivity contribution is -0.148. The molecule has 1 amide bonds. The van der Waals surface area contributed by atoms with Crippen LogP contribution in [0.3, 0.4) is 0 Å². The molecular formula is C22H34N4O3. The number of aliphatic carboxylic acids is 1. The fourth-order valence-electron chi connectivity index (χ4n) is 4.42. The van der Waals surface area contributed by atoms with Crippen molar-refractivity contribution in [2.24, 2.45) is 11.3 Å². The van der Waals surface area contributed by atoms with E-state index in [2.05, 4.69) is 27.7 Å². The Morgan fingerprint density at radius 2 is 1.66 bits per heavy atom. The number of nitrogens with zero attached hydrogens (tertiary/aromatic N) is 2. The molecule has 2 heterocycles. The molecule has 3 rings (SSSR count). The number of hydrogen-bond donors (Lipinski definition) is 3. The molecule has 2 aliphatic rings. The standard InChI is InChI=1S/C22H34N4O3/c1-22(2,3)19(21(28)29)26-12-8-16(9-13-26)20(27)24-17-4-6-18(7-5-17)25-14-10-23-11-15-25/h4-7,16,19,23H,8-15H2,1-3H3,(H,24,27)(H,28,29). The number of hydrogen-bond acceptors (Lipinski definition) is 5. The third-order valence-corrected chi connectivity index (χ3v) is 5.94. The highest BCUT2D eigenvalue weighted by Crippen LogP contribution is 2.29. The van der Waals surface area contributed by atoms with Crippen molar-refractivity contribution in [3.8, 4) is 0 Å². The molecule has 160 valence electrons. The summed E-state index contributed by atoms with van der Waals surface area (Å²) >= 11 is 0. The minimum absolute atomic E-state index is 0.0298. The zero-order valence-electron chi connectivity index (χ0n) is 17.8. The van der Waals surface area contributed by atoms with Crippen LogP contribution < -0.4 is 15.5 Å². The monoisotopic (exact) mass is 402 g/mol. The van der Waals surface area contributed by atoms with Crippen LogP contribution in [0.1, 0.15) is 33.6 Å². The van der Waals surface area contributed by atoms with Crippen molar-refractivity contribution in [3.05, 3.63) is 24.3 Å². The van der Waals surface area contributed by atoms with E-state index in [-0.39, 0.29) is 17.2 Å². The van der Waals surface area contributed by atoms with E-state index in [0.29, 0.717) is 25.9 Å². The van der Waals surface area contributed by atoms with Gasteiger partial charge in [-0.3, -0.25) is 14.5 Å². The van der Waals surface area contributed by atoms with Gasteiger partial charge in [0.1, 0.15) is 6.04 Å². The number of anilines is 2. The number of nitrogens with one attached hydrogen (secondary N) is 2. The Labute approximate surface area is 173 Å². The molecule has 1 aromatic rings. The second kappa shape index (κ2) is 9.13. The molecule has 3 N–H and O–H groups in total. The largest absolute Gasteiger partial charge is 0.480 e. The summed E-state index contributed by atoms with van der Waals surface area (Å²) in [7, 11) is 0. The van der Waals surface area contributed by atoms with Crippen LogP contribution in [0.25, 0.3) is 0 Å². The van der Waals surface area contributed by atoms with Crippen molar-refractivity contribution < 1.29 is 14.7 Å². The molecule has 0 aromatic heterocycles. The van der Waals surface area contributed by atoms with Gasteiger partial charge >= 0.3 is 5.97 Å². The summed E-state index contributed by atoms with van der Waals surface area (Å²) in [6.45, 7) is 11.1. The second-order valence-corrected chi connectivity index (χ2v) is 9.19. The number of carboxylic acid groups (broad SMARTS) is 1. The lowest BCUT2D eigenvalue weighted by atomic mass is 9.83. The van der Waals surface area contributed by atoms with E-state index in [1.165, 1.54) is 5.69 Å². The van der Waals surface area contributed by atoms with Crippen LogP contribution in [0.5, 0.6) is 0 Å². The van der Waals surface area contributed by atoms with E-state index >= 15 is 0 Å². The lowest BCUT2D eigenvalue weighted by Gasteiger charge is -2.40. The molecule has 0 spiro atoms. The van der Waals surface area contributed by atoms with E-state index < -0.39 is 12.0 Å². The van der Waals surface area contributed by atoms with Crippen molar-refractivity contribution in [2.75, 3.05) is 49.5 Å². The molecular weight excluding hydrogens is 368 g/mol. The molecule has 2 fully saturated rings. The van der Waals surface area contributed by atoms with E-state index in [1.54, 1.807) is 0 Å². The van der Waals surface area contributed by atoms with Crippen LogP contribution in [0.15, 0.2) is 24.3 Å². The number of piperazine rings is 1. The Balaban J connectivity index is 1.52. The summed E-state index contributed by atoms with van der Waals surface area (Å²) in [6.07, 6.45) is 1.37. The first-order chi connectivity index (χ1) is 13.8. The van der Waals surface area contributed by atoms with Gasteiger partial charge in [-0.05, 0) is 55.6 Å². The number of carbonyl (C=O) groups excluding carboxylic acids is 1. The normalized spacial score (nSPS) is 20.3. The fraction of sp³-hybridized carbons (Fsp3) is 0.636. The van der Waals surface area contributed by atoms with Gasteiger partial charge in [0.2, 0.25) is 5.91 Å². The van der Waals surface area contributed by atoms with Crippen LogP contribution in [0, 0.1) is 11.3 Å². The van der Waals surface area contributed by atoms with Crippen molar-refractivity contribution in [1.82, 2.24) is 10.2 Å². The highest BCUT2D eigenvalue weighted by Gasteiger charge is 2.39. The quantitative estimate of drug-likeness (QED) is 0.701. The van der Waals surface area contributed by atoms with Gasteiger partial charge in [0.15, 0.2) is 0 Å². The number of amides is 1. The van der Waals surface area contributed by atoms with Crippen LogP contribution in [-0.4, -0.2) is 67.2 Å².